The van der Waals surface area contributed by atoms with Gasteiger partial charge in [-0.25, -0.2) is 4.39 Å². The van der Waals surface area contributed by atoms with Crippen molar-refractivity contribution in [1.82, 2.24) is 19.9 Å². The van der Waals surface area contributed by atoms with E-state index < -0.39 is 0 Å². The fourth-order valence-electron chi connectivity index (χ4n) is 1.27. The molecule has 2 aromatic heterocycles. The van der Waals surface area contributed by atoms with Gasteiger partial charge in [0.2, 0.25) is 0 Å². The van der Waals surface area contributed by atoms with E-state index in [0.29, 0.717) is 12.2 Å². The van der Waals surface area contributed by atoms with Crippen LogP contribution in [-0.2, 0) is 6.54 Å². The predicted molar refractivity (Wildman–Crippen MR) is 60.5 cm³/mol. The Hall–Kier alpha value is -1.40. The molecule has 2 rings (SSSR count). The standard InChI is InChI=1S/C10H11FN4S/c1-2-12-6-9-10(14-15-16-9)8-4-3-7(11)5-13-8/h3-5,12H,2,6H2,1H3. The number of rotatable bonds is 4. The SMILES string of the molecule is CCNCc1snnc1-c1ccc(F)cn1. The number of hydrogen-bond donors (Lipinski definition) is 1. The summed E-state index contributed by atoms with van der Waals surface area (Å²) in [6.07, 6.45) is 1.19. The van der Waals surface area contributed by atoms with Crippen LogP contribution in [0, 0.1) is 5.82 Å². The molecule has 4 nitrogen and oxygen atoms in total. The highest BCUT2D eigenvalue weighted by Gasteiger charge is 2.10. The maximum absolute atomic E-state index is 12.7. The van der Waals surface area contributed by atoms with Gasteiger partial charge in [0.25, 0.3) is 0 Å². The second-order valence-corrected chi connectivity index (χ2v) is 4.03. The molecule has 6 heteroatoms. The summed E-state index contributed by atoms with van der Waals surface area (Å²) in [5, 5.41) is 7.21. The number of pyridine rings is 1. The zero-order valence-corrected chi connectivity index (χ0v) is 9.59. The Bertz CT molecular complexity index is 454. The molecule has 0 aromatic carbocycles. The minimum absolute atomic E-state index is 0.347. The molecule has 0 aliphatic carbocycles. The first-order valence-electron chi connectivity index (χ1n) is 4.95. The van der Waals surface area contributed by atoms with Gasteiger partial charge in [-0.3, -0.25) is 4.98 Å². The average molecular weight is 238 g/mol. The van der Waals surface area contributed by atoms with Crippen molar-refractivity contribution in [2.75, 3.05) is 6.54 Å². The largest absolute Gasteiger partial charge is 0.312 e. The molecule has 0 amide bonds. The lowest BCUT2D eigenvalue weighted by atomic mass is 10.2. The smallest absolute Gasteiger partial charge is 0.141 e. The van der Waals surface area contributed by atoms with Crippen molar-refractivity contribution in [2.24, 2.45) is 0 Å². The minimum atomic E-state index is -0.347. The highest BCUT2D eigenvalue weighted by molar-refractivity contribution is 7.05. The van der Waals surface area contributed by atoms with Gasteiger partial charge in [0.1, 0.15) is 11.5 Å². The van der Waals surface area contributed by atoms with Crippen LogP contribution in [-0.4, -0.2) is 21.1 Å². The molecule has 84 valence electrons. The fraction of sp³-hybridized carbons (Fsp3) is 0.300. The summed E-state index contributed by atoms with van der Waals surface area (Å²) in [6, 6.07) is 2.99. The van der Waals surface area contributed by atoms with Crippen LogP contribution in [0.2, 0.25) is 0 Å². The summed E-state index contributed by atoms with van der Waals surface area (Å²) in [4.78, 5) is 5.01. The summed E-state index contributed by atoms with van der Waals surface area (Å²) in [5.41, 5.74) is 1.38. The average Bonchev–Trinajstić information content (AvgIpc) is 2.75. The van der Waals surface area contributed by atoms with Crippen molar-refractivity contribution in [3.8, 4) is 11.4 Å². The molecule has 0 aliphatic rings. The normalized spacial score (nSPS) is 10.6. The molecule has 0 bridgehead atoms. The molecular weight excluding hydrogens is 227 g/mol. The van der Waals surface area contributed by atoms with E-state index in [0.717, 1.165) is 17.1 Å². The molecule has 0 unspecified atom stereocenters. The Labute approximate surface area is 96.7 Å². The third-order valence-corrected chi connectivity index (χ3v) is 2.78. The van der Waals surface area contributed by atoms with Crippen LogP contribution in [0.4, 0.5) is 4.39 Å². The fourth-order valence-corrected chi connectivity index (χ4v) is 1.89. The number of nitrogens with zero attached hydrogens (tertiary/aromatic N) is 3. The zero-order chi connectivity index (χ0) is 11.4. The lowest BCUT2D eigenvalue weighted by Gasteiger charge is -2.00. The van der Waals surface area contributed by atoms with Gasteiger partial charge in [-0.2, -0.15) is 0 Å². The van der Waals surface area contributed by atoms with Crippen LogP contribution in [0.5, 0.6) is 0 Å². The molecule has 0 radical (unpaired) electrons. The zero-order valence-electron chi connectivity index (χ0n) is 8.77. The molecule has 0 saturated carbocycles. The number of nitrogens with one attached hydrogen (secondary N) is 1. The van der Waals surface area contributed by atoms with Crippen LogP contribution < -0.4 is 5.32 Å². The summed E-state index contributed by atoms with van der Waals surface area (Å²) in [7, 11) is 0. The van der Waals surface area contributed by atoms with E-state index in [2.05, 4.69) is 19.9 Å². The van der Waals surface area contributed by atoms with E-state index in [9.17, 15) is 4.39 Å². The Kier molecular flexibility index (Phi) is 3.53. The van der Waals surface area contributed by atoms with Crippen molar-refractivity contribution in [2.45, 2.75) is 13.5 Å². The predicted octanol–water partition coefficient (Wildman–Crippen LogP) is 1.85. The lowest BCUT2D eigenvalue weighted by Crippen LogP contribution is -2.11. The van der Waals surface area contributed by atoms with Crippen molar-refractivity contribution in [3.63, 3.8) is 0 Å². The van der Waals surface area contributed by atoms with Gasteiger partial charge in [0, 0.05) is 6.54 Å². The van der Waals surface area contributed by atoms with Gasteiger partial charge in [-0.15, -0.1) is 5.10 Å². The molecule has 0 fully saturated rings. The van der Waals surface area contributed by atoms with E-state index in [1.807, 2.05) is 6.92 Å². The Balaban J connectivity index is 2.26. The molecule has 0 spiro atoms. The quantitative estimate of drug-likeness (QED) is 0.883. The Morgan fingerprint density at radius 1 is 1.44 bits per heavy atom. The first-order valence-corrected chi connectivity index (χ1v) is 5.72. The summed E-state index contributed by atoms with van der Waals surface area (Å²) in [6.45, 7) is 3.63. The van der Waals surface area contributed by atoms with Crippen LogP contribution in [0.3, 0.4) is 0 Å². The van der Waals surface area contributed by atoms with E-state index in [1.54, 1.807) is 6.07 Å². The van der Waals surface area contributed by atoms with Crippen LogP contribution >= 0.6 is 11.5 Å². The molecule has 16 heavy (non-hydrogen) atoms. The van der Waals surface area contributed by atoms with Gasteiger partial charge in [0.05, 0.1) is 16.8 Å². The second kappa shape index (κ2) is 5.09. The number of halogens is 1. The highest BCUT2D eigenvalue weighted by atomic mass is 32.1. The number of hydrogen-bond acceptors (Lipinski definition) is 5. The van der Waals surface area contributed by atoms with Crippen molar-refractivity contribution in [3.05, 3.63) is 29.0 Å². The second-order valence-electron chi connectivity index (χ2n) is 3.19. The van der Waals surface area contributed by atoms with Crippen LogP contribution in [0.25, 0.3) is 11.4 Å². The first kappa shape index (κ1) is 11.1. The van der Waals surface area contributed by atoms with Gasteiger partial charge in [-0.1, -0.05) is 11.4 Å². The Morgan fingerprint density at radius 2 is 2.31 bits per heavy atom. The van der Waals surface area contributed by atoms with E-state index in [4.69, 9.17) is 0 Å². The van der Waals surface area contributed by atoms with Gasteiger partial charge in [-0.05, 0) is 30.2 Å². The lowest BCUT2D eigenvalue weighted by molar-refractivity contribution is 0.621. The molecular formula is C10H11FN4S. The van der Waals surface area contributed by atoms with E-state index in [1.165, 1.54) is 23.8 Å². The first-order chi connectivity index (χ1) is 7.81. The van der Waals surface area contributed by atoms with Crippen molar-refractivity contribution >= 4 is 11.5 Å². The topological polar surface area (TPSA) is 50.7 Å². The molecule has 0 atom stereocenters. The third-order valence-electron chi connectivity index (χ3n) is 2.06. The minimum Gasteiger partial charge on any atom is -0.312 e. The molecule has 0 aliphatic heterocycles. The monoisotopic (exact) mass is 238 g/mol. The van der Waals surface area contributed by atoms with Crippen molar-refractivity contribution in [1.29, 1.82) is 0 Å². The molecule has 1 N–H and O–H groups in total. The van der Waals surface area contributed by atoms with Crippen LogP contribution in [0.15, 0.2) is 18.3 Å². The Morgan fingerprint density at radius 3 is 3.00 bits per heavy atom. The third kappa shape index (κ3) is 2.40. The van der Waals surface area contributed by atoms with Gasteiger partial charge < -0.3 is 5.32 Å². The molecule has 2 heterocycles. The van der Waals surface area contributed by atoms with Gasteiger partial charge in [0.15, 0.2) is 0 Å². The summed E-state index contributed by atoms with van der Waals surface area (Å²) < 4.78 is 16.6. The van der Waals surface area contributed by atoms with E-state index in [-0.39, 0.29) is 5.82 Å². The summed E-state index contributed by atoms with van der Waals surface area (Å²) in [5.74, 6) is -0.347. The number of aromatic nitrogens is 3. The van der Waals surface area contributed by atoms with Gasteiger partial charge >= 0.3 is 0 Å². The van der Waals surface area contributed by atoms with E-state index >= 15 is 0 Å². The molecule has 0 saturated heterocycles. The van der Waals surface area contributed by atoms with Crippen molar-refractivity contribution < 1.29 is 4.39 Å². The highest BCUT2D eigenvalue weighted by Crippen LogP contribution is 2.21. The summed E-state index contributed by atoms with van der Waals surface area (Å²) >= 11 is 1.33. The molecule has 2 aromatic rings. The maximum atomic E-state index is 12.7. The maximum Gasteiger partial charge on any atom is 0.141 e. The van der Waals surface area contributed by atoms with Crippen LogP contribution in [0.1, 0.15) is 11.8 Å².